The summed E-state index contributed by atoms with van der Waals surface area (Å²) in [6.45, 7) is 6.16. The van der Waals surface area contributed by atoms with Crippen molar-refractivity contribution in [3.05, 3.63) is 59.8 Å². The number of anilines is 1. The highest BCUT2D eigenvalue weighted by molar-refractivity contribution is 5.94. The van der Waals surface area contributed by atoms with Gasteiger partial charge >= 0.3 is 0 Å². The van der Waals surface area contributed by atoms with Gasteiger partial charge in [-0.25, -0.2) is 5.43 Å². The highest BCUT2D eigenvalue weighted by Gasteiger charge is 2.12. The molecule has 0 fully saturated rings. The van der Waals surface area contributed by atoms with Gasteiger partial charge in [-0.05, 0) is 55.8 Å². The molecule has 0 bridgehead atoms. The Morgan fingerprint density at radius 2 is 1.77 bits per heavy atom. The first kappa shape index (κ1) is 21.9. The predicted molar refractivity (Wildman–Crippen MR) is 122 cm³/mol. The highest BCUT2D eigenvalue weighted by Crippen LogP contribution is 2.31. The molecule has 1 aromatic heterocycles. The van der Waals surface area contributed by atoms with E-state index < -0.39 is 0 Å². The molecule has 0 aliphatic rings. The lowest BCUT2D eigenvalue weighted by atomic mass is 10.1. The fourth-order valence-corrected chi connectivity index (χ4v) is 3.17. The van der Waals surface area contributed by atoms with Gasteiger partial charge in [0.1, 0.15) is 5.69 Å². The quantitative estimate of drug-likeness (QED) is 0.406. The summed E-state index contributed by atoms with van der Waals surface area (Å²) in [6.07, 6.45) is 1.61. The average molecular weight is 422 g/mol. The molecule has 1 heterocycles. The number of nitrogens with zero attached hydrogens (tertiary/aromatic N) is 3. The van der Waals surface area contributed by atoms with E-state index in [1.54, 1.807) is 38.6 Å². The second kappa shape index (κ2) is 10.3. The number of rotatable bonds is 9. The van der Waals surface area contributed by atoms with E-state index >= 15 is 0 Å². The molecule has 2 N–H and O–H groups in total. The van der Waals surface area contributed by atoms with E-state index in [-0.39, 0.29) is 5.91 Å². The van der Waals surface area contributed by atoms with Crippen LogP contribution in [0.3, 0.4) is 0 Å². The molecule has 3 rings (SSSR count). The Kier molecular flexibility index (Phi) is 7.26. The molecule has 0 aliphatic heterocycles. The van der Waals surface area contributed by atoms with E-state index in [1.807, 2.05) is 30.3 Å². The van der Waals surface area contributed by atoms with Gasteiger partial charge in [0.05, 0.1) is 26.1 Å². The zero-order valence-corrected chi connectivity index (χ0v) is 18.2. The van der Waals surface area contributed by atoms with Crippen molar-refractivity contribution in [3.63, 3.8) is 0 Å². The number of nitrogens with one attached hydrogen (secondary N) is 2. The maximum absolute atomic E-state index is 12.4. The van der Waals surface area contributed by atoms with Crippen LogP contribution in [0.1, 0.15) is 29.9 Å². The highest BCUT2D eigenvalue weighted by atomic mass is 16.5. The summed E-state index contributed by atoms with van der Waals surface area (Å²) in [6, 6.07) is 15.1. The van der Waals surface area contributed by atoms with Gasteiger partial charge in [0.25, 0.3) is 5.91 Å². The Labute approximate surface area is 181 Å². The molecule has 1 amide bonds. The average Bonchev–Trinajstić information content (AvgIpc) is 3.31. The molecule has 0 aliphatic carbocycles. The summed E-state index contributed by atoms with van der Waals surface area (Å²) in [7, 11) is 3.15. The van der Waals surface area contributed by atoms with Crippen LogP contribution >= 0.6 is 0 Å². The van der Waals surface area contributed by atoms with Crippen molar-refractivity contribution in [1.29, 1.82) is 0 Å². The molecule has 162 valence electrons. The summed E-state index contributed by atoms with van der Waals surface area (Å²) < 4.78 is 10.6. The van der Waals surface area contributed by atoms with Crippen LogP contribution in [0, 0.1) is 0 Å². The van der Waals surface area contributed by atoms with Gasteiger partial charge in [0, 0.05) is 24.3 Å². The van der Waals surface area contributed by atoms with Gasteiger partial charge < -0.3 is 14.4 Å². The van der Waals surface area contributed by atoms with Crippen molar-refractivity contribution in [2.45, 2.75) is 13.8 Å². The summed E-state index contributed by atoms with van der Waals surface area (Å²) in [5.41, 5.74) is 6.28. The van der Waals surface area contributed by atoms with Gasteiger partial charge in [-0.1, -0.05) is 12.1 Å². The Balaban J connectivity index is 1.64. The number of hydrogen-bond donors (Lipinski definition) is 2. The SMILES string of the molecule is CCN(CC)c1ccc(C=NNC(=O)c2cc(-c3ccc(OC)c(OC)c3)n[nH]2)cc1. The number of aromatic amines is 1. The van der Waals surface area contributed by atoms with E-state index in [0.29, 0.717) is 22.9 Å². The van der Waals surface area contributed by atoms with Crippen molar-refractivity contribution in [2.75, 3.05) is 32.2 Å². The monoisotopic (exact) mass is 421 g/mol. The van der Waals surface area contributed by atoms with Crippen LogP contribution in [0.25, 0.3) is 11.3 Å². The Morgan fingerprint density at radius 1 is 1.06 bits per heavy atom. The van der Waals surface area contributed by atoms with Crippen molar-refractivity contribution in [3.8, 4) is 22.8 Å². The number of aromatic nitrogens is 2. The third-order valence-electron chi connectivity index (χ3n) is 4.90. The second-order valence-electron chi connectivity index (χ2n) is 6.70. The molecular formula is C23H27N5O3. The molecule has 0 atom stereocenters. The Morgan fingerprint density at radius 3 is 2.42 bits per heavy atom. The van der Waals surface area contributed by atoms with E-state index in [2.05, 4.69) is 39.5 Å². The first-order valence-corrected chi connectivity index (χ1v) is 10.1. The van der Waals surface area contributed by atoms with Gasteiger partial charge in [-0.2, -0.15) is 10.2 Å². The zero-order chi connectivity index (χ0) is 22.2. The molecule has 0 unspecified atom stereocenters. The molecule has 0 saturated heterocycles. The summed E-state index contributed by atoms with van der Waals surface area (Å²) in [4.78, 5) is 14.6. The van der Waals surface area contributed by atoms with Crippen molar-refractivity contribution in [2.24, 2.45) is 5.10 Å². The summed E-state index contributed by atoms with van der Waals surface area (Å²) >= 11 is 0. The lowest BCUT2D eigenvalue weighted by Gasteiger charge is -2.20. The molecule has 31 heavy (non-hydrogen) atoms. The number of hydrogen-bond acceptors (Lipinski definition) is 6. The molecule has 8 nitrogen and oxygen atoms in total. The standard InChI is InChI=1S/C23H27N5O3/c1-5-28(6-2)18-10-7-16(8-11-18)15-24-27-23(29)20-14-19(25-26-20)17-9-12-21(30-3)22(13-17)31-4/h7-15H,5-6H2,1-4H3,(H,25,26)(H,27,29). The lowest BCUT2D eigenvalue weighted by molar-refractivity contribution is 0.0950. The predicted octanol–water partition coefficient (Wildman–Crippen LogP) is 3.70. The summed E-state index contributed by atoms with van der Waals surface area (Å²) in [5, 5.41) is 11.0. The van der Waals surface area contributed by atoms with E-state index in [4.69, 9.17) is 9.47 Å². The van der Waals surface area contributed by atoms with Crippen molar-refractivity contribution in [1.82, 2.24) is 15.6 Å². The van der Waals surface area contributed by atoms with Crippen LogP contribution in [-0.4, -0.2) is 49.6 Å². The van der Waals surface area contributed by atoms with Crippen molar-refractivity contribution < 1.29 is 14.3 Å². The molecule has 8 heteroatoms. The number of ether oxygens (including phenoxy) is 2. The topological polar surface area (TPSA) is 91.8 Å². The molecule has 2 aromatic carbocycles. The number of H-pyrrole nitrogens is 1. The molecular weight excluding hydrogens is 394 g/mol. The second-order valence-corrected chi connectivity index (χ2v) is 6.70. The minimum atomic E-state index is -0.379. The summed E-state index contributed by atoms with van der Waals surface area (Å²) in [5.74, 6) is 0.833. The van der Waals surface area contributed by atoms with Gasteiger partial charge in [0.2, 0.25) is 0 Å². The molecule has 0 saturated carbocycles. The first-order chi connectivity index (χ1) is 15.1. The van der Waals surface area contributed by atoms with E-state index in [0.717, 1.165) is 29.9 Å². The van der Waals surface area contributed by atoms with Crippen LogP contribution in [0.15, 0.2) is 53.6 Å². The molecule has 3 aromatic rings. The number of hydrazone groups is 1. The zero-order valence-electron chi connectivity index (χ0n) is 18.2. The van der Waals surface area contributed by atoms with Crippen LogP contribution in [0.5, 0.6) is 11.5 Å². The Hall–Kier alpha value is -3.81. The first-order valence-electron chi connectivity index (χ1n) is 10.1. The van der Waals surface area contributed by atoms with E-state index in [9.17, 15) is 4.79 Å². The van der Waals surface area contributed by atoms with Gasteiger partial charge in [0.15, 0.2) is 11.5 Å². The minimum absolute atomic E-state index is 0.304. The molecule has 0 spiro atoms. The minimum Gasteiger partial charge on any atom is -0.493 e. The number of carbonyl (C=O) groups is 1. The van der Waals surface area contributed by atoms with Crippen LogP contribution in [0.2, 0.25) is 0 Å². The number of amides is 1. The normalized spacial score (nSPS) is 10.8. The Bertz CT molecular complexity index is 1040. The lowest BCUT2D eigenvalue weighted by Crippen LogP contribution is -2.21. The smallest absolute Gasteiger partial charge is 0.289 e. The van der Waals surface area contributed by atoms with Gasteiger partial charge in [-0.15, -0.1) is 0 Å². The number of methoxy groups -OCH3 is 2. The maximum atomic E-state index is 12.4. The molecule has 0 radical (unpaired) electrons. The van der Waals surface area contributed by atoms with Crippen LogP contribution in [0.4, 0.5) is 5.69 Å². The fraction of sp³-hybridized carbons (Fsp3) is 0.261. The third kappa shape index (κ3) is 5.22. The fourth-order valence-electron chi connectivity index (χ4n) is 3.17. The van der Waals surface area contributed by atoms with Gasteiger partial charge in [-0.3, -0.25) is 9.89 Å². The number of benzene rings is 2. The van der Waals surface area contributed by atoms with Crippen LogP contribution in [-0.2, 0) is 0 Å². The maximum Gasteiger partial charge on any atom is 0.289 e. The van der Waals surface area contributed by atoms with Crippen LogP contribution < -0.4 is 19.8 Å². The largest absolute Gasteiger partial charge is 0.493 e. The van der Waals surface area contributed by atoms with E-state index in [1.165, 1.54) is 0 Å². The number of carbonyl (C=O) groups excluding carboxylic acids is 1. The third-order valence-corrected chi connectivity index (χ3v) is 4.90. The van der Waals surface area contributed by atoms with Crippen molar-refractivity contribution >= 4 is 17.8 Å².